The summed E-state index contributed by atoms with van der Waals surface area (Å²) in [4.78, 5) is 16.5. The largest absolute Gasteiger partial charge is 0.295 e. The third kappa shape index (κ3) is 2.87. The Bertz CT molecular complexity index is 478. The second kappa shape index (κ2) is 5.87. The summed E-state index contributed by atoms with van der Waals surface area (Å²) in [6.07, 6.45) is 7.82. The van der Waals surface area contributed by atoms with Crippen LogP contribution < -0.4 is 5.56 Å². The zero-order valence-corrected chi connectivity index (χ0v) is 13.8. The van der Waals surface area contributed by atoms with Crippen LogP contribution >= 0.6 is 31.9 Å². The molecule has 1 aromatic rings. The molecule has 2 rings (SSSR count). The van der Waals surface area contributed by atoms with E-state index < -0.39 is 0 Å². The molecule has 18 heavy (non-hydrogen) atoms. The van der Waals surface area contributed by atoms with E-state index in [1.165, 1.54) is 32.1 Å². The summed E-state index contributed by atoms with van der Waals surface area (Å²) < 4.78 is 2.37. The average molecular weight is 378 g/mol. The highest BCUT2D eigenvalue weighted by Gasteiger charge is 2.32. The fourth-order valence-corrected chi connectivity index (χ4v) is 3.76. The Morgan fingerprint density at radius 3 is 2.67 bits per heavy atom. The molecule has 1 aliphatic rings. The first-order chi connectivity index (χ1) is 8.58. The van der Waals surface area contributed by atoms with Gasteiger partial charge in [-0.25, -0.2) is 4.98 Å². The molecule has 0 saturated heterocycles. The van der Waals surface area contributed by atoms with Gasteiger partial charge in [-0.05, 0) is 41.1 Å². The molecule has 1 heterocycles. The summed E-state index contributed by atoms with van der Waals surface area (Å²) in [7, 11) is 0. The highest BCUT2D eigenvalue weighted by molar-refractivity contribution is 9.10. The van der Waals surface area contributed by atoms with Gasteiger partial charge in [-0.2, -0.15) is 0 Å². The van der Waals surface area contributed by atoms with Gasteiger partial charge in [0.1, 0.15) is 10.3 Å². The van der Waals surface area contributed by atoms with Gasteiger partial charge >= 0.3 is 0 Å². The molecule has 0 amide bonds. The molecular formula is C13H18Br2N2O. The Morgan fingerprint density at radius 2 is 2.06 bits per heavy atom. The van der Waals surface area contributed by atoms with E-state index in [4.69, 9.17) is 0 Å². The summed E-state index contributed by atoms with van der Waals surface area (Å²) >= 11 is 6.92. The Morgan fingerprint density at radius 1 is 1.39 bits per heavy atom. The SMILES string of the molecule is Cc1ncc(Br)c(=O)n1CC1(CBr)CCCCC1. The van der Waals surface area contributed by atoms with Crippen molar-refractivity contribution in [2.45, 2.75) is 45.6 Å². The first kappa shape index (κ1) is 14.3. The topological polar surface area (TPSA) is 34.9 Å². The van der Waals surface area contributed by atoms with Gasteiger partial charge < -0.3 is 0 Å². The van der Waals surface area contributed by atoms with Crippen molar-refractivity contribution < 1.29 is 0 Å². The molecule has 1 fully saturated rings. The van der Waals surface area contributed by atoms with Gasteiger partial charge in [0.25, 0.3) is 5.56 Å². The molecule has 0 aliphatic heterocycles. The molecule has 0 spiro atoms. The van der Waals surface area contributed by atoms with E-state index in [1.807, 2.05) is 11.5 Å². The highest BCUT2D eigenvalue weighted by Crippen LogP contribution is 2.39. The van der Waals surface area contributed by atoms with Crippen molar-refractivity contribution in [3.05, 3.63) is 26.8 Å². The predicted molar refractivity (Wildman–Crippen MR) is 80.2 cm³/mol. The van der Waals surface area contributed by atoms with Gasteiger partial charge in [-0.1, -0.05) is 35.2 Å². The maximum Gasteiger partial charge on any atom is 0.267 e. The Kier molecular flexibility index (Phi) is 4.64. The van der Waals surface area contributed by atoms with Crippen molar-refractivity contribution in [2.75, 3.05) is 5.33 Å². The maximum absolute atomic E-state index is 12.2. The van der Waals surface area contributed by atoms with E-state index in [-0.39, 0.29) is 11.0 Å². The molecule has 0 unspecified atom stereocenters. The molecular weight excluding hydrogens is 360 g/mol. The molecule has 1 aromatic heterocycles. The lowest BCUT2D eigenvalue weighted by atomic mass is 9.75. The molecule has 0 bridgehead atoms. The lowest BCUT2D eigenvalue weighted by molar-refractivity contribution is 0.186. The number of hydrogen-bond acceptors (Lipinski definition) is 2. The molecule has 5 heteroatoms. The number of rotatable bonds is 3. The fourth-order valence-electron chi connectivity index (χ4n) is 2.71. The van der Waals surface area contributed by atoms with Gasteiger partial charge in [0.2, 0.25) is 0 Å². The van der Waals surface area contributed by atoms with Gasteiger partial charge in [0, 0.05) is 18.1 Å². The molecule has 1 saturated carbocycles. The van der Waals surface area contributed by atoms with Crippen molar-refractivity contribution in [3.8, 4) is 0 Å². The normalized spacial score (nSPS) is 18.8. The lowest BCUT2D eigenvalue weighted by Gasteiger charge is -2.36. The second-order valence-electron chi connectivity index (χ2n) is 5.24. The Balaban J connectivity index is 2.32. The monoisotopic (exact) mass is 376 g/mol. The minimum absolute atomic E-state index is 0.0356. The maximum atomic E-state index is 12.2. The van der Waals surface area contributed by atoms with Gasteiger partial charge in [-0.3, -0.25) is 9.36 Å². The summed E-state index contributed by atoms with van der Waals surface area (Å²) in [6, 6.07) is 0. The molecule has 0 radical (unpaired) electrons. The van der Waals surface area contributed by atoms with Crippen LogP contribution in [0.1, 0.15) is 37.9 Å². The fraction of sp³-hybridized carbons (Fsp3) is 0.692. The predicted octanol–water partition coefficient (Wildman–Crippen LogP) is 3.66. The Labute approximate surface area is 124 Å². The molecule has 1 aliphatic carbocycles. The quantitative estimate of drug-likeness (QED) is 0.753. The number of aromatic nitrogens is 2. The minimum Gasteiger partial charge on any atom is -0.295 e. The van der Waals surface area contributed by atoms with Crippen LogP contribution in [0.4, 0.5) is 0 Å². The summed E-state index contributed by atoms with van der Waals surface area (Å²) in [6.45, 7) is 2.67. The summed E-state index contributed by atoms with van der Waals surface area (Å²) in [5, 5.41) is 0.957. The Hall–Kier alpha value is -0.160. The van der Waals surface area contributed by atoms with Gasteiger partial charge in [-0.15, -0.1) is 0 Å². The van der Waals surface area contributed by atoms with Crippen LogP contribution in [0.3, 0.4) is 0 Å². The molecule has 0 aromatic carbocycles. The van der Waals surface area contributed by atoms with Crippen LogP contribution in [-0.4, -0.2) is 14.9 Å². The van der Waals surface area contributed by atoms with Crippen molar-refractivity contribution >= 4 is 31.9 Å². The van der Waals surface area contributed by atoms with Crippen LogP contribution in [-0.2, 0) is 6.54 Å². The van der Waals surface area contributed by atoms with E-state index in [9.17, 15) is 4.79 Å². The lowest BCUT2D eigenvalue weighted by Crippen LogP contribution is -2.37. The van der Waals surface area contributed by atoms with E-state index in [0.29, 0.717) is 4.47 Å². The van der Waals surface area contributed by atoms with E-state index in [1.54, 1.807) is 6.20 Å². The number of aryl methyl sites for hydroxylation is 1. The molecule has 0 atom stereocenters. The number of hydrogen-bond donors (Lipinski definition) is 0. The van der Waals surface area contributed by atoms with E-state index in [2.05, 4.69) is 36.8 Å². The van der Waals surface area contributed by atoms with E-state index >= 15 is 0 Å². The van der Waals surface area contributed by atoms with Crippen molar-refractivity contribution in [1.29, 1.82) is 0 Å². The standard InChI is InChI=1S/C13H18Br2N2O/c1-10-16-7-11(15)12(18)17(10)9-13(8-14)5-3-2-4-6-13/h7H,2-6,8-9H2,1H3. The van der Waals surface area contributed by atoms with Crippen LogP contribution in [0, 0.1) is 12.3 Å². The summed E-state index contributed by atoms with van der Waals surface area (Å²) in [5.74, 6) is 0.800. The van der Waals surface area contributed by atoms with Gasteiger partial charge in [0.15, 0.2) is 0 Å². The molecule has 0 N–H and O–H groups in total. The summed E-state index contributed by atoms with van der Waals surface area (Å²) in [5.41, 5.74) is 0.253. The molecule has 100 valence electrons. The van der Waals surface area contributed by atoms with Crippen molar-refractivity contribution in [1.82, 2.24) is 9.55 Å². The van der Waals surface area contributed by atoms with E-state index in [0.717, 1.165) is 17.7 Å². The number of halogens is 2. The second-order valence-corrected chi connectivity index (χ2v) is 6.65. The highest BCUT2D eigenvalue weighted by atomic mass is 79.9. The van der Waals surface area contributed by atoms with Crippen molar-refractivity contribution in [3.63, 3.8) is 0 Å². The smallest absolute Gasteiger partial charge is 0.267 e. The third-order valence-electron chi connectivity index (χ3n) is 3.90. The first-order valence-corrected chi connectivity index (χ1v) is 8.27. The average Bonchev–Trinajstić information content (AvgIpc) is 2.40. The first-order valence-electron chi connectivity index (χ1n) is 6.36. The molecule has 3 nitrogen and oxygen atoms in total. The van der Waals surface area contributed by atoms with Crippen LogP contribution in [0.5, 0.6) is 0 Å². The van der Waals surface area contributed by atoms with Crippen LogP contribution in [0.15, 0.2) is 15.5 Å². The number of alkyl halides is 1. The van der Waals surface area contributed by atoms with Crippen LogP contribution in [0.25, 0.3) is 0 Å². The third-order valence-corrected chi connectivity index (χ3v) is 5.63. The van der Waals surface area contributed by atoms with Gasteiger partial charge in [0.05, 0.1) is 0 Å². The zero-order valence-electron chi connectivity index (χ0n) is 10.6. The van der Waals surface area contributed by atoms with Crippen molar-refractivity contribution in [2.24, 2.45) is 5.41 Å². The number of nitrogens with zero attached hydrogens (tertiary/aromatic N) is 2. The minimum atomic E-state index is 0.0356. The van der Waals surface area contributed by atoms with Crippen LogP contribution in [0.2, 0.25) is 0 Å². The zero-order chi connectivity index (χ0) is 13.2.